The van der Waals surface area contributed by atoms with Gasteiger partial charge in [-0.05, 0) is 120 Å². The lowest BCUT2D eigenvalue weighted by atomic mass is 10.0. The molecule has 0 N–H and O–H groups in total. The average Bonchev–Trinajstić information content (AvgIpc) is 3.66. The normalized spacial score (nSPS) is 13.4. The molecule has 0 amide bonds. The second kappa shape index (κ2) is 16.2. The molecular weight excluding hydrogens is 720 g/mol. The first kappa shape index (κ1) is 34.4. The number of thiophene rings is 2. The van der Waals surface area contributed by atoms with Crippen molar-refractivity contribution in [2.24, 2.45) is 0 Å². The highest BCUT2D eigenvalue weighted by atomic mass is 79.9. The molecule has 1 aliphatic heterocycles. The van der Waals surface area contributed by atoms with Crippen molar-refractivity contribution in [1.82, 2.24) is 0 Å². The molecule has 44 heavy (non-hydrogen) atoms. The van der Waals surface area contributed by atoms with E-state index in [2.05, 4.69) is 108 Å². The Morgan fingerprint density at radius 2 is 1.07 bits per heavy atom. The van der Waals surface area contributed by atoms with Gasteiger partial charge < -0.3 is 0 Å². The van der Waals surface area contributed by atoms with Gasteiger partial charge in [-0.3, -0.25) is 0 Å². The van der Waals surface area contributed by atoms with Crippen molar-refractivity contribution in [3.8, 4) is 32.0 Å². The predicted molar refractivity (Wildman–Crippen MR) is 209 cm³/mol. The van der Waals surface area contributed by atoms with Gasteiger partial charge in [-0.1, -0.05) is 128 Å². The van der Waals surface area contributed by atoms with Crippen LogP contribution in [0.15, 0.2) is 56.1 Å². The standard InChI is InChI=1S/C39H50Br2S2Si/c1-5-8-11-14-17-31-25-35(43-39(31)41)30-19-21-33-32-20-18-29(34-24-28(4)38(40)42-34)26-36(32)44(37(33)27-30,22-15-12-9-6-2)23-16-13-10-7-3/h18-21,24-27H,5-17,22-23H2,1-4H3. The Labute approximate surface area is 293 Å². The monoisotopic (exact) mass is 768 g/mol. The summed E-state index contributed by atoms with van der Waals surface area (Å²) in [4.78, 5) is 2.82. The van der Waals surface area contributed by atoms with Crippen LogP contribution in [0.3, 0.4) is 0 Å². The van der Waals surface area contributed by atoms with Gasteiger partial charge in [0.15, 0.2) is 0 Å². The highest BCUT2D eigenvalue weighted by Crippen LogP contribution is 2.42. The molecule has 3 heterocycles. The third-order valence-electron chi connectivity index (χ3n) is 9.76. The third-order valence-corrected chi connectivity index (χ3v) is 19.3. The van der Waals surface area contributed by atoms with Gasteiger partial charge >= 0.3 is 0 Å². The zero-order chi connectivity index (χ0) is 31.1. The maximum absolute atomic E-state index is 3.95. The van der Waals surface area contributed by atoms with Crippen molar-refractivity contribution in [2.45, 2.75) is 123 Å². The zero-order valence-corrected chi connectivity index (χ0v) is 33.1. The number of halogens is 2. The van der Waals surface area contributed by atoms with Crippen LogP contribution in [0.4, 0.5) is 0 Å². The molecule has 5 heteroatoms. The van der Waals surface area contributed by atoms with Gasteiger partial charge in [-0.15, -0.1) is 22.7 Å². The molecule has 0 saturated heterocycles. The van der Waals surface area contributed by atoms with E-state index in [0.29, 0.717) is 0 Å². The Bertz CT molecular complexity index is 1500. The third kappa shape index (κ3) is 7.59. The van der Waals surface area contributed by atoms with E-state index < -0.39 is 8.07 Å². The van der Waals surface area contributed by atoms with E-state index >= 15 is 0 Å². The summed E-state index contributed by atoms with van der Waals surface area (Å²) in [5.41, 5.74) is 8.74. The van der Waals surface area contributed by atoms with Crippen LogP contribution in [0.2, 0.25) is 12.1 Å². The van der Waals surface area contributed by atoms with Gasteiger partial charge in [0.05, 0.1) is 7.57 Å². The van der Waals surface area contributed by atoms with Crippen molar-refractivity contribution in [3.63, 3.8) is 0 Å². The van der Waals surface area contributed by atoms with E-state index in [1.807, 2.05) is 22.7 Å². The van der Waals surface area contributed by atoms with Gasteiger partial charge in [0.25, 0.3) is 0 Å². The van der Waals surface area contributed by atoms with Crippen LogP contribution in [-0.2, 0) is 6.42 Å². The molecule has 0 saturated carbocycles. The van der Waals surface area contributed by atoms with Crippen LogP contribution in [0.1, 0.15) is 109 Å². The van der Waals surface area contributed by atoms with Crippen LogP contribution in [-0.4, -0.2) is 8.07 Å². The fourth-order valence-corrected chi connectivity index (χ4v) is 16.2. The van der Waals surface area contributed by atoms with Crippen LogP contribution < -0.4 is 10.4 Å². The minimum atomic E-state index is -1.96. The Hall–Kier alpha value is -0.983. The number of benzene rings is 2. The molecule has 0 fully saturated rings. The quantitative estimate of drug-likeness (QED) is 0.0741. The predicted octanol–water partition coefficient (Wildman–Crippen LogP) is 13.8. The number of unbranched alkanes of at least 4 members (excludes halogenated alkanes) is 9. The lowest BCUT2D eigenvalue weighted by Crippen LogP contribution is -2.55. The summed E-state index contributed by atoms with van der Waals surface area (Å²) in [5.74, 6) is 0. The molecule has 0 atom stereocenters. The molecule has 0 spiro atoms. The molecule has 0 aliphatic carbocycles. The molecule has 2 aromatic carbocycles. The molecule has 0 nitrogen and oxygen atoms in total. The first-order valence-electron chi connectivity index (χ1n) is 17.3. The first-order chi connectivity index (χ1) is 21.4. The first-order valence-corrected chi connectivity index (χ1v) is 22.9. The van der Waals surface area contributed by atoms with Gasteiger partial charge in [-0.25, -0.2) is 0 Å². The SMILES string of the molecule is CCCCCCc1cc(-c2ccc3c(c2)[Si](CCCCCC)(CCCCCC)c2cc(-c4cc(C)c(Br)s4)ccc2-3)sc1Br. The van der Waals surface area contributed by atoms with E-state index in [-0.39, 0.29) is 0 Å². The van der Waals surface area contributed by atoms with Crippen LogP contribution in [0, 0.1) is 6.92 Å². The molecule has 0 unspecified atom stereocenters. The Morgan fingerprint density at radius 1 is 0.568 bits per heavy atom. The summed E-state index contributed by atoms with van der Waals surface area (Å²) in [5, 5.41) is 3.45. The lowest BCUT2D eigenvalue weighted by molar-refractivity contribution is 0.667. The van der Waals surface area contributed by atoms with E-state index in [1.165, 1.54) is 146 Å². The van der Waals surface area contributed by atoms with E-state index in [4.69, 9.17) is 0 Å². The second-order valence-electron chi connectivity index (χ2n) is 13.0. The summed E-state index contributed by atoms with van der Waals surface area (Å²) >= 11 is 11.6. The van der Waals surface area contributed by atoms with Crippen molar-refractivity contribution < 1.29 is 0 Å². The number of fused-ring (bicyclic) bond motifs is 3. The number of aryl methyl sites for hydroxylation is 2. The fourth-order valence-electron chi connectivity index (χ4n) is 7.24. The van der Waals surface area contributed by atoms with Crippen LogP contribution in [0.25, 0.3) is 32.0 Å². The highest BCUT2D eigenvalue weighted by molar-refractivity contribution is 9.11. The van der Waals surface area contributed by atoms with Gasteiger partial charge in [0.2, 0.25) is 0 Å². The topological polar surface area (TPSA) is 0 Å². The summed E-state index contributed by atoms with van der Waals surface area (Å²) in [6.45, 7) is 9.20. The number of rotatable bonds is 17. The molecule has 4 aromatic rings. The van der Waals surface area contributed by atoms with E-state index in [0.717, 1.165) is 0 Å². The minimum absolute atomic E-state index is 1.18. The average molecular weight is 771 g/mol. The van der Waals surface area contributed by atoms with Crippen LogP contribution >= 0.6 is 54.5 Å². The molecule has 5 rings (SSSR count). The van der Waals surface area contributed by atoms with E-state index in [9.17, 15) is 0 Å². The maximum atomic E-state index is 3.95. The van der Waals surface area contributed by atoms with Gasteiger partial charge in [-0.2, -0.15) is 0 Å². The molecule has 1 aliphatic rings. The molecule has 0 radical (unpaired) electrons. The van der Waals surface area contributed by atoms with Crippen LogP contribution in [0.5, 0.6) is 0 Å². The Balaban J connectivity index is 1.58. The van der Waals surface area contributed by atoms with Crippen molar-refractivity contribution in [3.05, 3.63) is 67.2 Å². The van der Waals surface area contributed by atoms with Gasteiger partial charge in [0, 0.05) is 9.75 Å². The second-order valence-corrected chi connectivity index (χ2v) is 22.0. The van der Waals surface area contributed by atoms with Gasteiger partial charge in [0.1, 0.15) is 8.07 Å². The van der Waals surface area contributed by atoms with Crippen molar-refractivity contribution in [2.75, 3.05) is 0 Å². The lowest BCUT2D eigenvalue weighted by Gasteiger charge is -2.31. The molecule has 0 bridgehead atoms. The summed E-state index contributed by atoms with van der Waals surface area (Å²) in [6.07, 6.45) is 17.2. The van der Waals surface area contributed by atoms with Crippen molar-refractivity contribution >= 4 is 73.0 Å². The highest BCUT2D eigenvalue weighted by Gasteiger charge is 2.44. The molecule has 2 aromatic heterocycles. The summed E-state index contributed by atoms with van der Waals surface area (Å²) < 4.78 is 2.59. The van der Waals surface area contributed by atoms with E-state index in [1.54, 1.807) is 10.4 Å². The Kier molecular flexibility index (Phi) is 12.7. The molecule has 236 valence electrons. The summed E-state index contributed by atoms with van der Waals surface area (Å²) in [7, 11) is -1.96. The smallest absolute Gasteiger partial charge is 0.119 e. The summed E-state index contributed by atoms with van der Waals surface area (Å²) in [6, 6.07) is 22.8. The Morgan fingerprint density at radius 3 is 1.57 bits per heavy atom. The minimum Gasteiger partial charge on any atom is -0.128 e. The fraction of sp³-hybridized carbons (Fsp3) is 0.487. The number of hydrogen-bond donors (Lipinski definition) is 0. The zero-order valence-electron chi connectivity index (χ0n) is 27.3. The number of hydrogen-bond acceptors (Lipinski definition) is 2. The van der Waals surface area contributed by atoms with Crippen molar-refractivity contribution in [1.29, 1.82) is 0 Å². The maximum Gasteiger partial charge on any atom is 0.119 e. The largest absolute Gasteiger partial charge is 0.128 e. The molecular formula is C39H50Br2S2Si.